The molecule has 0 bridgehead atoms. The monoisotopic (exact) mass is 324 g/mol. The number of nitriles is 2. The second kappa shape index (κ2) is 8.42. The highest BCUT2D eigenvalue weighted by Gasteiger charge is 2.10. The predicted octanol–water partition coefficient (Wildman–Crippen LogP) is 2.26. The molecule has 122 valence electrons. The Hall–Kier alpha value is -3.22. The maximum absolute atomic E-state index is 9.94. The van der Waals surface area contributed by atoms with Crippen LogP contribution >= 0.6 is 0 Å². The highest BCUT2D eigenvalue weighted by Crippen LogP contribution is 2.27. The molecule has 24 heavy (non-hydrogen) atoms. The van der Waals surface area contributed by atoms with Crippen molar-refractivity contribution in [1.29, 1.82) is 10.5 Å². The SMILES string of the molecule is COc1cc(C#N)ccc1OC[C@@H](O)COc1ccc(C#N)cc1. The molecule has 0 unspecified atom stereocenters. The van der Waals surface area contributed by atoms with Gasteiger partial charge in [-0.2, -0.15) is 10.5 Å². The third kappa shape index (κ3) is 4.64. The minimum Gasteiger partial charge on any atom is -0.493 e. The van der Waals surface area contributed by atoms with Gasteiger partial charge in [0.1, 0.15) is 25.1 Å². The fraction of sp³-hybridized carbons (Fsp3) is 0.222. The molecule has 0 spiro atoms. The van der Waals surface area contributed by atoms with Crippen LogP contribution in [0.4, 0.5) is 0 Å². The Morgan fingerprint density at radius 3 is 2.17 bits per heavy atom. The molecule has 1 N–H and O–H groups in total. The third-order valence-corrected chi connectivity index (χ3v) is 3.15. The molecule has 2 aromatic carbocycles. The zero-order valence-electron chi connectivity index (χ0n) is 13.1. The molecule has 0 aliphatic rings. The van der Waals surface area contributed by atoms with Gasteiger partial charge in [-0.3, -0.25) is 0 Å². The van der Waals surface area contributed by atoms with E-state index in [0.29, 0.717) is 28.4 Å². The van der Waals surface area contributed by atoms with Crippen molar-refractivity contribution in [2.45, 2.75) is 6.10 Å². The van der Waals surface area contributed by atoms with Crippen molar-refractivity contribution < 1.29 is 19.3 Å². The summed E-state index contributed by atoms with van der Waals surface area (Å²) < 4.78 is 16.1. The molecule has 0 saturated carbocycles. The van der Waals surface area contributed by atoms with Gasteiger partial charge in [-0.1, -0.05) is 0 Å². The molecule has 0 aromatic heterocycles. The molecule has 0 amide bonds. The quantitative estimate of drug-likeness (QED) is 0.839. The van der Waals surface area contributed by atoms with Crippen molar-refractivity contribution in [3.05, 3.63) is 53.6 Å². The molecule has 0 aliphatic heterocycles. The number of ether oxygens (including phenoxy) is 3. The number of aliphatic hydroxyl groups is 1. The third-order valence-electron chi connectivity index (χ3n) is 3.15. The second-order valence-corrected chi connectivity index (χ2v) is 4.89. The van der Waals surface area contributed by atoms with Gasteiger partial charge in [0.15, 0.2) is 11.5 Å². The Balaban J connectivity index is 1.85. The molecule has 0 radical (unpaired) electrons. The molecule has 2 rings (SSSR count). The van der Waals surface area contributed by atoms with E-state index in [1.54, 1.807) is 42.5 Å². The number of nitrogens with zero attached hydrogens (tertiary/aromatic N) is 2. The molecule has 0 heterocycles. The summed E-state index contributed by atoms with van der Waals surface area (Å²) in [6.45, 7) is 0.0586. The summed E-state index contributed by atoms with van der Waals surface area (Å²) in [5, 5.41) is 27.5. The molecule has 0 fully saturated rings. The van der Waals surface area contributed by atoms with Gasteiger partial charge < -0.3 is 19.3 Å². The van der Waals surface area contributed by atoms with Crippen molar-refractivity contribution in [1.82, 2.24) is 0 Å². The number of aliphatic hydroxyl groups excluding tert-OH is 1. The second-order valence-electron chi connectivity index (χ2n) is 4.89. The lowest BCUT2D eigenvalue weighted by Gasteiger charge is -2.15. The van der Waals surface area contributed by atoms with Gasteiger partial charge in [0, 0.05) is 6.07 Å². The summed E-state index contributed by atoms with van der Waals surface area (Å²) >= 11 is 0. The molecule has 2 aromatic rings. The first-order chi connectivity index (χ1) is 11.7. The average molecular weight is 324 g/mol. The molecule has 0 aliphatic carbocycles. The van der Waals surface area contributed by atoms with Crippen molar-refractivity contribution in [2.75, 3.05) is 20.3 Å². The highest BCUT2D eigenvalue weighted by molar-refractivity contribution is 5.46. The van der Waals surface area contributed by atoms with Crippen LogP contribution in [-0.2, 0) is 0 Å². The van der Waals surface area contributed by atoms with Crippen molar-refractivity contribution in [3.63, 3.8) is 0 Å². The van der Waals surface area contributed by atoms with E-state index >= 15 is 0 Å². The van der Waals surface area contributed by atoms with E-state index in [2.05, 4.69) is 0 Å². The van der Waals surface area contributed by atoms with E-state index in [-0.39, 0.29) is 13.2 Å². The van der Waals surface area contributed by atoms with Crippen LogP contribution in [0.3, 0.4) is 0 Å². The fourth-order valence-electron chi connectivity index (χ4n) is 1.91. The molecule has 6 nitrogen and oxygen atoms in total. The summed E-state index contributed by atoms with van der Waals surface area (Å²) in [6.07, 6.45) is -0.846. The Morgan fingerprint density at radius 1 is 0.917 bits per heavy atom. The highest BCUT2D eigenvalue weighted by atomic mass is 16.5. The Morgan fingerprint density at radius 2 is 1.54 bits per heavy atom. The van der Waals surface area contributed by atoms with Gasteiger partial charge in [0.2, 0.25) is 0 Å². The van der Waals surface area contributed by atoms with Crippen LogP contribution in [0.2, 0.25) is 0 Å². The van der Waals surface area contributed by atoms with Crippen molar-refractivity contribution in [2.24, 2.45) is 0 Å². The summed E-state index contributed by atoms with van der Waals surface area (Å²) in [5.41, 5.74) is 1.00. The maximum Gasteiger partial charge on any atom is 0.162 e. The van der Waals surface area contributed by atoms with Crippen LogP contribution in [-0.4, -0.2) is 31.5 Å². The summed E-state index contributed by atoms with van der Waals surface area (Å²) in [4.78, 5) is 0. The number of benzene rings is 2. The lowest BCUT2D eigenvalue weighted by molar-refractivity contribution is 0.0616. The fourth-order valence-corrected chi connectivity index (χ4v) is 1.91. The average Bonchev–Trinajstić information content (AvgIpc) is 2.64. The zero-order chi connectivity index (χ0) is 17.4. The normalized spacial score (nSPS) is 11.0. The summed E-state index contributed by atoms with van der Waals surface area (Å²) in [5.74, 6) is 1.42. The van der Waals surface area contributed by atoms with Crippen LogP contribution in [0.25, 0.3) is 0 Å². The van der Waals surface area contributed by atoms with Crippen molar-refractivity contribution >= 4 is 0 Å². The number of methoxy groups -OCH3 is 1. The number of hydrogen-bond acceptors (Lipinski definition) is 6. The smallest absolute Gasteiger partial charge is 0.162 e. The minimum absolute atomic E-state index is 0.0124. The Kier molecular flexibility index (Phi) is 6.01. The van der Waals surface area contributed by atoms with E-state index in [0.717, 1.165) is 0 Å². The first-order valence-electron chi connectivity index (χ1n) is 7.18. The van der Waals surface area contributed by atoms with Crippen LogP contribution < -0.4 is 14.2 Å². The lowest BCUT2D eigenvalue weighted by atomic mass is 10.2. The molecular weight excluding hydrogens is 308 g/mol. The van der Waals surface area contributed by atoms with E-state index in [4.69, 9.17) is 24.7 Å². The van der Waals surface area contributed by atoms with Gasteiger partial charge in [0.05, 0.1) is 30.4 Å². The Bertz CT molecular complexity index is 760. The van der Waals surface area contributed by atoms with Crippen LogP contribution in [0.5, 0.6) is 17.2 Å². The van der Waals surface area contributed by atoms with Crippen LogP contribution in [0.1, 0.15) is 11.1 Å². The van der Waals surface area contributed by atoms with E-state index < -0.39 is 6.10 Å². The predicted molar refractivity (Wildman–Crippen MR) is 85.9 cm³/mol. The van der Waals surface area contributed by atoms with E-state index in [9.17, 15) is 5.11 Å². The van der Waals surface area contributed by atoms with Crippen LogP contribution in [0.15, 0.2) is 42.5 Å². The molecule has 6 heteroatoms. The first-order valence-corrected chi connectivity index (χ1v) is 7.18. The molecule has 0 saturated heterocycles. The summed E-state index contributed by atoms with van der Waals surface area (Å²) in [7, 11) is 1.48. The first kappa shape index (κ1) is 17.1. The molecule has 1 atom stereocenters. The van der Waals surface area contributed by atoms with Gasteiger partial charge in [-0.05, 0) is 36.4 Å². The van der Waals surface area contributed by atoms with Gasteiger partial charge in [-0.15, -0.1) is 0 Å². The lowest BCUT2D eigenvalue weighted by Crippen LogP contribution is -2.25. The van der Waals surface area contributed by atoms with Gasteiger partial charge >= 0.3 is 0 Å². The summed E-state index contributed by atoms with van der Waals surface area (Å²) in [6, 6.07) is 15.4. The van der Waals surface area contributed by atoms with Crippen molar-refractivity contribution in [3.8, 4) is 29.4 Å². The molecular formula is C18H16N2O4. The van der Waals surface area contributed by atoms with Crippen LogP contribution in [0, 0.1) is 22.7 Å². The maximum atomic E-state index is 9.94. The topological polar surface area (TPSA) is 95.5 Å². The van der Waals surface area contributed by atoms with E-state index in [1.165, 1.54) is 7.11 Å². The standard InChI is InChI=1S/C18H16N2O4/c1-22-18-8-14(10-20)4-7-17(18)24-12-15(21)11-23-16-5-2-13(9-19)3-6-16/h2-8,15,21H,11-12H2,1H3/t15-/m0/s1. The number of rotatable bonds is 7. The minimum atomic E-state index is -0.846. The number of hydrogen-bond donors (Lipinski definition) is 1. The van der Waals surface area contributed by atoms with E-state index in [1.807, 2.05) is 12.1 Å². The van der Waals surface area contributed by atoms with Gasteiger partial charge in [-0.25, -0.2) is 0 Å². The zero-order valence-corrected chi connectivity index (χ0v) is 13.1. The van der Waals surface area contributed by atoms with Gasteiger partial charge in [0.25, 0.3) is 0 Å². The largest absolute Gasteiger partial charge is 0.493 e. The Labute approximate surface area is 140 Å².